The maximum absolute atomic E-state index is 12.9. The fourth-order valence-corrected chi connectivity index (χ4v) is 3.87. The number of aromatic nitrogens is 1. The van der Waals surface area contributed by atoms with Crippen LogP contribution in [-0.4, -0.2) is 26.0 Å². The van der Waals surface area contributed by atoms with Gasteiger partial charge in [-0.2, -0.15) is 0 Å². The Labute approximate surface area is 157 Å². The summed E-state index contributed by atoms with van der Waals surface area (Å²) in [5.74, 6) is -0.136. The van der Waals surface area contributed by atoms with E-state index in [1.807, 2.05) is 0 Å². The van der Waals surface area contributed by atoms with E-state index in [4.69, 9.17) is 9.88 Å². The van der Waals surface area contributed by atoms with Gasteiger partial charge in [-0.15, -0.1) is 0 Å². The van der Waals surface area contributed by atoms with Gasteiger partial charge in [0.2, 0.25) is 10.0 Å². The summed E-state index contributed by atoms with van der Waals surface area (Å²) in [5.41, 5.74) is 1.92. The summed E-state index contributed by atoms with van der Waals surface area (Å²) in [7, 11) is -0.910. The molecule has 144 valence electrons. The minimum Gasteiger partial charge on any atom is -0.495 e. The van der Waals surface area contributed by atoms with Crippen LogP contribution in [0.4, 0.5) is 5.69 Å². The van der Waals surface area contributed by atoms with E-state index in [1.165, 1.54) is 36.1 Å². The lowest BCUT2D eigenvalue weighted by Gasteiger charge is -2.20. The fourth-order valence-electron chi connectivity index (χ4n) is 3.33. The van der Waals surface area contributed by atoms with Crippen molar-refractivity contribution >= 4 is 21.6 Å². The second kappa shape index (κ2) is 7.16. The van der Waals surface area contributed by atoms with E-state index in [9.17, 15) is 18.0 Å². The molecule has 3 N–H and O–H groups in total. The maximum Gasteiger partial charge on any atom is 0.257 e. The van der Waals surface area contributed by atoms with E-state index >= 15 is 0 Å². The number of rotatable bonds is 4. The first kappa shape index (κ1) is 19.1. The number of aryl methyl sites for hydroxylation is 1. The number of nitrogens with two attached hydrogens (primary N) is 1. The number of sulfonamides is 1. The van der Waals surface area contributed by atoms with Gasteiger partial charge in [0.15, 0.2) is 0 Å². The summed E-state index contributed by atoms with van der Waals surface area (Å²) in [4.78, 5) is 25.1. The SMILES string of the molecule is COc1ccc(S(N)(=O)=O)cc1NC(=O)c1cn(C)c(=O)c2c1CCCC2. The summed E-state index contributed by atoms with van der Waals surface area (Å²) in [5, 5.41) is 7.86. The zero-order valence-corrected chi connectivity index (χ0v) is 15.9. The van der Waals surface area contributed by atoms with Gasteiger partial charge in [-0.05, 0) is 49.4 Å². The Morgan fingerprint density at radius 3 is 2.52 bits per heavy atom. The average molecular weight is 391 g/mol. The molecule has 0 radical (unpaired) electrons. The molecule has 1 aliphatic carbocycles. The van der Waals surface area contributed by atoms with Gasteiger partial charge in [0, 0.05) is 18.8 Å². The molecule has 1 heterocycles. The number of pyridine rings is 1. The number of ether oxygens (including phenoxy) is 1. The molecule has 3 rings (SSSR count). The van der Waals surface area contributed by atoms with Gasteiger partial charge >= 0.3 is 0 Å². The third-order valence-corrected chi connectivity index (χ3v) is 5.60. The van der Waals surface area contributed by atoms with Crippen LogP contribution in [0.5, 0.6) is 5.75 Å². The molecule has 27 heavy (non-hydrogen) atoms. The Kier molecular flexibility index (Phi) is 5.07. The summed E-state index contributed by atoms with van der Waals surface area (Å²) in [6, 6.07) is 3.98. The van der Waals surface area contributed by atoms with Crippen LogP contribution < -0.4 is 20.8 Å². The quantitative estimate of drug-likeness (QED) is 0.811. The zero-order chi connectivity index (χ0) is 19.8. The molecule has 9 heteroatoms. The molecule has 0 atom stereocenters. The predicted molar refractivity (Wildman–Crippen MR) is 101 cm³/mol. The van der Waals surface area contributed by atoms with E-state index in [0.29, 0.717) is 29.7 Å². The van der Waals surface area contributed by atoms with E-state index < -0.39 is 15.9 Å². The largest absolute Gasteiger partial charge is 0.495 e. The van der Waals surface area contributed by atoms with Gasteiger partial charge in [0.25, 0.3) is 11.5 Å². The number of hydrogen-bond acceptors (Lipinski definition) is 5. The van der Waals surface area contributed by atoms with Crippen LogP contribution in [0.15, 0.2) is 34.1 Å². The van der Waals surface area contributed by atoms with E-state index in [1.54, 1.807) is 7.05 Å². The molecule has 1 aromatic carbocycles. The normalized spacial score (nSPS) is 13.7. The molecule has 1 aromatic heterocycles. The van der Waals surface area contributed by atoms with Crippen molar-refractivity contribution in [2.24, 2.45) is 12.2 Å². The van der Waals surface area contributed by atoms with Gasteiger partial charge in [0.05, 0.1) is 23.3 Å². The number of primary sulfonamides is 1. The summed E-state index contributed by atoms with van der Waals surface area (Å²) < 4.78 is 29.8. The highest BCUT2D eigenvalue weighted by Crippen LogP contribution is 2.29. The molecular formula is C18H21N3O5S. The molecule has 8 nitrogen and oxygen atoms in total. The number of carbonyl (C=O) groups is 1. The van der Waals surface area contributed by atoms with Gasteiger partial charge in [0.1, 0.15) is 5.75 Å². The number of anilines is 1. The molecule has 0 spiro atoms. The van der Waals surface area contributed by atoms with Crippen LogP contribution in [-0.2, 0) is 29.9 Å². The van der Waals surface area contributed by atoms with Crippen molar-refractivity contribution in [1.29, 1.82) is 0 Å². The van der Waals surface area contributed by atoms with Crippen molar-refractivity contribution in [3.63, 3.8) is 0 Å². The van der Waals surface area contributed by atoms with Crippen LogP contribution in [0.2, 0.25) is 0 Å². The lowest BCUT2D eigenvalue weighted by molar-refractivity contribution is 0.102. The zero-order valence-electron chi connectivity index (χ0n) is 15.1. The number of amides is 1. The predicted octanol–water partition coefficient (Wildman–Crippen LogP) is 1.17. The third-order valence-electron chi connectivity index (χ3n) is 4.69. The van der Waals surface area contributed by atoms with E-state index in [0.717, 1.165) is 18.4 Å². The van der Waals surface area contributed by atoms with Gasteiger partial charge in [-0.25, -0.2) is 13.6 Å². The standard InChI is InChI=1S/C18H21N3O5S/c1-21-10-14(12-5-3-4-6-13(12)18(21)23)17(22)20-15-9-11(27(19,24)25)7-8-16(15)26-2/h7-10H,3-6H2,1-2H3,(H,20,22)(H2,19,24,25). The molecule has 1 amide bonds. The first-order valence-electron chi connectivity index (χ1n) is 8.46. The van der Waals surface area contributed by atoms with Gasteiger partial charge < -0.3 is 14.6 Å². The van der Waals surface area contributed by atoms with Crippen LogP contribution in [0.1, 0.15) is 34.3 Å². The Balaban J connectivity index is 2.04. The highest BCUT2D eigenvalue weighted by atomic mass is 32.2. The Bertz CT molecular complexity index is 1070. The van der Waals surface area contributed by atoms with Crippen molar-refractivity contribution in [2.75, 3.05) is 12.4 Å². The summed E-state index contributed by atoms with van der Waals surface area (Å²) in [6.45, 7) is 0. The third kappa shape index (κ3) is 3.74. The Hall–Kier alpha value is -2.65. The molecule has 0 aliphatic heterocycles. The van der Waals surface area contributed by atoms with Crippen molar-refractivity contribution in [3.05, 3.63) is 51.4 Å². The Morgan fingerprint density at radius 1 is 1.22 bits per heavy atom. The second-order valence-electron chi connectivity index (χ2n) is 6.48. The lowest BCUT2D eigenvalue weighted by atomic mass is 9.89. The molecule has 0 saturated carbocycles. The maximum atomic E-state index is 12.9. The smallest absolute Gasteiger partial charge is 0.257 e. The number of fused-ring (bicyclic) bond motifs is 1. The van der Waals surface area contributed by atoms with Crippen LogP contribution in [0, 0.1) is 0 Å². The average Bonchev–Trinajstić information content (AvgIpc) is 2.63. The Morgan fingerprint density at radius 2 is 1.89 bits per heavy atom. The van der Waals surface area contributed by atoms with Crippen LogP contribution in [0.3, 0.4) is 0 Å². The van der Waals surface area contributed by atoms with E-state index in [-0.39, 0.29) is 16.1 Å². The minimum atomic E-state index is -3.93. The number of carbonyl (C=O) groups excluding carboxylic acids is 1. The lowest BCUT2D eigenvalue weighted by Crippen LogP contribution is -2.29. The van der Waals surface area contributed by atoms with E-state index in [2.05, 4.69) is 5.32 Å². The number of nitrogens with zero attached hydrogens (tertiary/aromatic N) is 1. The molecule has 0 fully saturated rings. The fraction of sp³-hybridized carbons (Fsp3) is 0.333. The van der Waals surface area contributed by atoms with Crippen molar-refractivity contribution < 1.29 is 17.9 Å². The highest BCUT2D eigenvalue weighted by molar-refractivity contribution is 7.89. The minimum absolute atomic E-state index is 0.0879. The molecule has 0 saturated heterocycles. The summed E-state index contributed by atoms with van der Waals surface area (Å²) in [6.07, 6.45) is 4.63. The summed E-state index contributed by atoms with van der Waals surface area (Å²) >= 11 is 0. The molecular weight excluding hydrogens is 370 g/mol. The van der Waals surface area contributed by atoms with Crippen molar-refractivity contribution in [2.45, 2.75) is 30.6 Å². The van der Waals surface area contributed by atoms with Gasteiger partial charge in [-0.1, -0.05) is 0 Å². The molecule has 2 aromatic rings. The number of benzene rings is 1. The van der Waals surface area contributed by atoms with Crippen molar-refractivity contribution in [1.82, 2.24) is 4.57 Å². The van der Waals surface area contributed by atoms with Crippen LogP contribution >= 0.6 is 0 Å². The second-order valence-corrected chi connectivity index (χ2v) is 8.05. The number of methoxy groups -OCH3 is 1. The first-order valence-corrected chi connectivity index (χ1v) is 10.0. The van der Waals surface area contributed by atoms with Gasteiger partial charge in [-0.3, -0.25) is 9.59 Å². The monoisotopic (exact) mass is 391 g/mol. The highest BCUT2D eigenvalue weighted by Gasteiger charge is 2.23. The molecule has 0 bridgehead atoms. The topological polar surface area (TPSA) is 120 Å². The molecule has 1 aliphatic rings. The number of hydrogen-bond donors (Lipinski definition) is 2. The van der Waals surface area contributed by atoms with Crippen LogP contribution in [0.25, 0.3) is 0 Å². The number of nitrogens with one attached hydrogen (secondary N) is 1. The van der Waals surface area contributed by atoms with Crippen molar-refractivity contribution in [3.8, 4) is 5.75 Å². The molecule has 0 unspecified atom stereocenters. The first-order chi connectivity index (χ1) is 12.7.